The normalized spacial score (nSPS) is 11.1. The van der Waals surface area contributed by atoms with Crippen LogP contribution in [-0.4, -0.2) is 0 Å². The van der Waals surface area contributed by atoms with Crippen molar-refractivity contribution in [3.8, 4) is 22.6 Å². The van der Waals surface area contributed by atoms with Gasteiger partial charge in [-0.15, -0.1) is 0 Å². The molecule has 0 amide bonds. The van der Waals surface area contributed by atoms with E-state index in [-0.39, 0.29) is 0 Å². The number of hydrogen-bond acceptors (Lipinski definition) is 1. The van der Waals surface area contributed by atoms with E-state index in [1.54, 1.807) is 0 Å². The number of para-hydroxylation sites is 1. The van der Waals surface area contributed by atoms with Crippen LogP contribution in [0, 0.1) is 0 Å². The third kappa shape index (κ3) is 6.52. The highest BCUT2D eigenvalue weighted by Gasteiger charge is 2.24. The van der Waals surface area contributed by atoms with E-state index in [2.05, 4.69) is 194 Å². The highest BCUT2D eigenvalue weighted by atomic mass is 31.1. The second kappa shape index (κ2) is 13.9. The summed E-state index contributed by atoms with van der Waals surface area (Å²) in [5.41, 5.74) is 2.37. The van der Waals surface area contributed by atoms with Crippen molar-refractivity contribution in [2.75, 3.05) is 0 Å². The number of benzene rings is 7. The Morgan fingerprint density at radius 3 is 1.16 bits per heavy atom. The predicted molar refractivity (Wildman–Crippen MR) is 196 cm³/mol. The molecule has 0 unspecified atom stereocenters. The van der Waals surface area contributed by atoms with Crippen LogP contribution in [-0.2, 0) is 0 Å². The molecule has 0 heterocycles. The molecule has 0 spiro atoms. The van der Waals surface area contributed by atoms with Crippen LogP contribution in [0.4, 0.5) is 0 Å². The van der Waals surface area contributed by atoms with E-state index in [1.807, 2.05) is 0 Å². The molecule has 0 bridgehead atoms. The summed E-state index contributed by atoms with van der Waals surface area (Å²) >= 11 is 0. The van der Waals surface area contributed by atoms with Crippen LogP contribution in [0.25, 0.3) is 11.1 Å². The SMILES string of the molecule is c1ccc(-c2ccc(Oc3ccccc3P(c3ccccc3)c3ccccc3)c(P(c3ccccc3)c3ccccc3)c2)cc1. The van der Waals surface area contributed by atoms with Crippen molar-refractivity contribution in [3.05, 3.63) is 194 Å². The van der Waals surface area contributed by atoms with Crippen molar-refractivity contribution >= 4 is 47.7 Å². The smallest absolute Gasteiger partial charge is 0.135 e. The van der Waals surface area contributed by atoms with Crippen molar-refractivity contribution in [1.29, 1.82) is 0 Å². The minimum absolute atomic E-state index is 0.838. The maximum Gasteiger partial charge on any atom is 0.135 e. The van der Waals surface area contributed by atoms with Crippen molar-refractivity contribution in [2.45, 2.75) is 0 Å². The van der Waals surface area contributed by atoms with Gasteiger partial charge in [0.05, 0.1) is 0 Å². The van der Waals surface area contributed by atoms with Gasteiger partial charge in [0.1, 0.15) is 11.5 Å². The molecule has 0 atom stereocenters. The Balaban J connectivity index is 1.40. The van der Waals surface area contributed by atoms with Crippen LogP contribution in [0.1, 0.15) is 0 Å². The second-order valence-corrected chi connectivity index (χ2v) is 15.0. The van der Waals surface area contributed by atoms with Crippen molar-refractivity contribution < 1.29 is 4.74 Å². The first-order valence-corrected chi connectivity index (χ1v) is 17.8. The molecule has 0 saturated carbocycles. The number of hydrogen-bond donors (Lipinski definition) is 0. The zero-order valence-corrected chi connectivity index (χ0v) is 26.6. The van der Waals surface area contributed by atoms with E-state index in [9.17, 15) is 0 Å². The highest BCUT2D eigenvalue weighted by molar-refractivity contribution is 7.80. The topological polar surface area (TPSA) is 9.23 Å². The summed E-state index contributed by atoms with van der Waals surface area (Å²) in [6, 6.07) is 69.2. The second-order valence-electron chi connectivity index (χ2n) is 10.6. The third-order valence-corrected chi connectivity index (χ3v) is 12.6. The molecule has 7 aromatic rings. The molecule has 0 aliphatic rings. The molecule has 0 aliphatic heterocycles. The minimum atomic E-state index is -0.902. The maximum absolute atomic E-state index is 7.11. The van der Waals surface area contributed by atoms with Crippen LogP contribution in [0.2, 0.25) is 0 Å². The lowest BCUT2D eigenvalue weighted by molar-refractivity contribution is 0.491. The molecule has 7 rings (SSSR count). The van der Waals surface area contributed by atoms with Crippen molar-refractivity contribution in [1.82, 2.24) is 0 Å². The van der Waals surface area contributed by atoms with Crippen molar-refractivity contribution in [2.24, 2.45) is 0 Å². The monoisotopic (exact) mass is 614 g/mol. The summed E-state index contributed by atoms with van der Waals surface area (Å²) in [6.45, 7) is 0. The quantitative estimate of drug-likeness (QED) is 0.148. The lowest BCUT2D eigenvalue weighted by Gasteiger charge is -2.25. The van der Waals surface area contributed by atoms with E-state index in [0.29, 0.717) is 0 Å². The van der Waals surface area contributed by atoms with Gasteiger partial charge in [-0.25, -0.2) is 0 Å². The fourth-order valence-corrected chi connectivity index (χ4v) is 10.4. The molecule has 0 radical (unpaired) electrons. The van der Waals surface area contributed by atoms with Gasteiger partial charge in [-0.1, -0.05) is 176 Å². The summed E-state index contributed by atoms with van der Waals surface area (Å²) in [5.74, 6) is 1.78. The molecule has 1 nitrogen and oxygen atoms in total. The molecule has 0 aromatic heterocycles. The summed E-state index contributed by atoms with van der Waals surface area (Å²) in [6.07, 6.45) is 0. The summed E-state index contributed by atoms with van der Waals surface area (Å²) in [5, 5.41) is 7.57. The molecule has 45 heavy (non-hydrogen) atoms. The van der Waals surface area contributed by atoms with E-state index in [1.165, 1.54) is 43.0 Å². The molecule has 0 saturated heterocycles. The van der Waals surface area contributed by atoms with Gasteiger partial charge in [0, 0.05) is 10.6 Å². The van der Waals surface area contributed by atoms with Crippen molar-refractivity contribution in [3.63, 3.8) is 0 Å². The Kier molecular flexibility index (Phi) is 8.93. The fourth-order valence-electron chi connectivity index (χ4n) is 5.60. The fraction of sp³-hybridized carbons (Fsp3) is 0. The summed E-state index contributed by atoms with van der Waals surface area (Å²) < 4.78 is 7.11. The molecule has 0 N–H and O–H groups in total. The first-order valence-electron chi connectivity index (χ1n) is 15.1. The minimum Gasteiger partial charge on any atom is -0.456 e. The summed E-state index contributed by atoms with van der Waals surface area (Å²) in [4.78, 5) is 0. The average molecular weight is 615 g/mol. The predicted octanol–water partition coefficient (Wildman–Crippen LogP) is 8.66. The van der Waals surface area contributed by atoms with Crippen LogP contribution < -0.4 is 36.6 Å². The maximum atomic E-state index is 7.11. The van der Waals surface area contributed by atoms with Gasteiger partial charge in [0.2, 0.25) is 0 Å². The molecule has 7 aromatic carbocycles. The molecule has 216 valence electrons. The largest absolute Gasteiger partial charge is 0.456 e. The van der Waals surface area contributed by atoms with Crippen LogP contribution >= 0.6 is 15.8 Å². The summed E-state index contributed by atoms with van der Waals surface area (Å²) in [7, 11) is -1.74. The van der Waals surface area contributed by atoms with Gasteiger partial charge in [0.25, 0.3) is 0 Å². The highest BCUT2D eigenvalue weighted by Crippen LogP contribution is 2.41. The molecule has 0 fully saturated rings. The Morgan fingerprint density at radius 1 is 0.289 bits per heavy atom. The Labute approximate surface area is 268 Å². The first kappa shape index (κ1) is 28.9. The number of rotatable bonds is 9. The molecule has 0 aliphatic carbocycles. The number of ether oxygens (including phenoxy) is 1. The van der Waals surface area contributed by atoms with E-state index in [4.69, 9.17) is 4.74 Å². The van der Waals surface area contributed by atoms with Crippen LogP contribution in [0.5, 0.6) is 11.5 Å². The van der Waals surface area contributed by atoms with Gasteiger partial charge >= 0.3 is 0 Å². The first-order chi connectivity index (χ1) is 22.3. The lowest BCUT2D eigenvalue weighted by Crippen LogP contribution is -2.24. The zero-order chi connectivity index (χ0) is 30.3. The standard InChI is InChI=1S/C42H32OP2/c1-6-18-33(19-7-1)34-30-31-40(42(32-34)45(37-24-12-4-13-25-37)38-26-14-5-15-27-38)43-39-28-16-17-29-41(39)44(35-20-8-2-9-21-35)36-22-10-3-11-23-36/h1-32H. The molecular formula is C42H32OP2. The molecule has 3 heteroatoms. The van der Waals surface area contributed by atoms with E-state index in [0.717, 1.165) is 11.5 Å². The molecular weight excluding hydrogens is 582 g/mol. The van der Waals surface area contributed by atoms with Gasteiger partial charge in [-0.2, -0.15) is 0 Å². The van der Waals surface area contributed by atoms with E-state index < -0.39 is 15.8 Å². The average Bonchev–Trinajstić information content (AvgIpc) is 3.12. The zero-order valence-electron chi connectivity index (χ0n) is 24.8. The lowest BCUT2D eigenvalue weighted by atomic mass is 10.1. The van der Waals surface area contributed by atoms with Gasteiger partial charge < -0.3 is 4.74 Å². The Hall–Kier alpha value is -4.80. The van der Waals surface area contributed by atoms with Gasteiger partial charge in [-0.3, -0.25) is 0 Å². The van der Waals surface area contributed by atoms with Gasteiger partial charge in [0.15, 0.2) is 0 Å². The van der Waals surface area contributed by atoms with Gasteiger partial charge in [-0.05, 0) is 66.4 Å². The Morgan fingerprint density at radius 2 is 0.667 bits per heavy atom. The Bertz CT molecular complexity index is 1880. The van der Waals surface area contributed by atoms with E-state index >= 15 is 0 Å². The van der Waals surface area contributed by atoms with Crippen LogP contribution in [0.15, 0.2) is 194 Å². The third-order valence-electron chi connectivity index (χ3n) is 7.69. The van der Waals surface area contributed by atoms with Crippen LogP contribution in [0.3, 0.4) is 0 Å².